The maximum Gasteiger partial charge on any atom is 0.303 e. The van der Waals surface area contributed by atoms with Gasteiger partial charge in [0, 0.05) is 6.92 Å². The third-order valence-corrected chi connectivity index (χ3v) is 5.59. The summed E-state index contributed by atoms with van der Waals surface area (Å²) in [6.07, 6.45) is -2.46. The standard InChI is InChI=1S/C21H30N2O6Si/c1-14(24)26-18-17(27-20-19(18)28-21(2,3)29-20)16(12-25-30(4,5)6)23-13-22-15-10-8-7-9-11-15/h7-11,16-20H,12H2,1-6H3/t16-,17+,18+,19-,20-/m1/s1. The molecule has 0 saturated carbocycles. The van der Waals surface area contributed by atoms with Crippen LogP contribution in [0, 0.1) is 0 Å². The van der Waals surface area contributed by atoms with E-state index in [9.17, 15) is 4.79 Å². The summed E-state index contributed by atoms with van der Waals surface area (Å²) < 4.78 is 29.5. The van der Waals surface area contributed by atoms with Crippen molar-refractivity contribution in [3.63, 3.8) is 0 Å². The highest BCUT2D eigenvalue weighted by Gasteiger charge is 2.58. The van der Waals surface area contributed by atoms with E-state index in [1.807, 2.05) is 30.3 Å². The Kier molecular flexibility index (Phi) is 6.91. The molecule has 2 aliphatic heterocycles. The highest BCUT2D eigenvalue weighted by Crippen LogP contribution is 2.40. The lowest BCUT2D eigenvalue weighted by Gasteiger charge is -2.29. The van der Waals surface area contributed by atoms with Crippen molar-refractivity contribution in [2.75, 3.05) is 6.61 Å². The van der Waals surface area contributed by atoms with E-state index >= 15 is 0 Å². The van der Waals surface area contributed by atoms with Crippen LogP contribution in [-0.2, 0) is 28.2 Å². The Morgan fingerprint density at radius 3 is 2.57 bits per heavy atom. The van der Waals surface area contributed by atoms with Gasteiger partial charge in [-0.15, -0.1) is 0 Å². The largest absolute Gasteiger partial charge is 0.457 e. The van der Waals surface area contributed by atoms with E-state index < -0.39 is 50.7 Å². The maximum absolute atomic E-state index is 11.8. The average Bonchev–Trinajstić information content (AvgIpc) is 3.10. The molecule has 5 atom stereocenters. The van der Waals surface area contributed by atoms with Crippen LogP contribution in [0.3, 0.4) is 0 Å². The number of para-hydroxylation sites is 1. The van der Waals surface area contributed by atoms with Crippen LogP contribution in [0.5, 0.6) is 0 Å². The van der Waals surface area contributed by atoms with Gasteiger partial charge in [0.1, 0.15) is 12.1 Å². The molecule has 2 aliphatic rings. The highest BCUT2D eigenvalue weighted by atomic mass is 28.4. The van der Waals surface area contributed by atoms with Gasteiger partial charge < -0.3 is 23.4 Å². The first-order chi connectivity index (χ1) is 14.0. The summed E-state index contributed by atoms with van der Waals surface area (Å²) in [5, 5.41) is 0. The molecule has 0 N–H and O–H groups in total. The van der Waals surface area contributed by atoms with E-state index in [1.54, 1.807) is 13.8 Å². The molecule has 1 aromatic carbocycles. The van der Waals surface area contributed by atoms with Gasteiger partial charge in [-0.3, -0.25) is 4.79 Å². The van der Waals surface area contributed by atoms with Crippen molar-refractivity contribution in [3.05, 3.63) is 30.3 Å². The van der Waals surface area contributed by atoms with Crippen LogP contribution in [0.4, 0.5) is 5.69 Å². The summed E-state index contributed by atoms with van der Waals surface area (Å²) in [6, 6.07) is 11.7. The Bertz CT molecular complexity index is 803. The first-order valence-electron chi connectivity index (χ1n) is 10.1. The number of ether oxygens (including phenoxy) is 4. The number of benzene rings is 1. The second-order valence-corrected chi connectivity index (χ2v) is 13.3. The monoisotopic (exact) mass is 434 g/mol. The molecule has 2 fully saturated rings. The number of carbonyl (C=O) groups excluding carboxylic acids is 1. The van der Waals surface area contributed by atoms with Gasteiger partial charge in [-0.2, -0.15) is 4.99 Å². The predicted octanol–water partition coefficient (Wildman–Crippen LogP) is 3.52. The fraction of sp³-hybridized carbons (Fsp3) is 0.619. The Hall–Kier alpha value is -1.87. The number of esters is 1. The van der Waals surface area contributed by atoms with Crippen LogP contribution in [0.25, 0.3) is 0 Å². The van der Waals surface area contributed by atoms with Gasteiger partial charge >= 0.3 is 5.97 Å². The molecule has 2 saturated heterocycles. The van der Waals surface area contributed by atoms with E-state index in [1.165, 1.54) is 6.92 Å². The average molecular weight is 435 g/mol. The van der Waals surface area contributed by atoms with Gasteiger partial charge in [-0.05, 0) is 45.6 Å². The van der Waals surface area contributed by atoms with Crippen molar-refractivity contribution in [1.29, 1.82) is 0 Å². The normalized spacial score (nSPS) is 28.3. The lowest BCUT2D eigenvalue weighted by Crippen LogP contribution is -2.45. The molecule has 8 nitrogen and oxygen atoms in total. The van der Waals surface area contributed by atoms with E-state index in [4.69, 9.17) is 23.4 Å². The number of nitrogens with zero attached hydrogens (tertiary/aromatic N) is 2. The van der Waals surface area contributed by atoms with Crippen LogP contribution >= 0.6 is 0 Å². The first kappa shape index (κ1) is 22.8. The van der Waals surface area contributed by atoms with Crippen molar-refractivity contribution in [2.45, 2.75) is 76.8 Å². The van der Waals surface area contributed by atoms with Crippen molar-refractivity contribution < 1.29 is 28.2 Å². The van der Waals surface area contributed by atoms with Crippen LogP contribution in [-0.4, -0.2) is 63.3 Å². The lowest BCUT2D eigenvalue weighted by atomic mass is 10.0. The van der Waals surface area contributed by atoms with E-state index in [0.717, 1.165) is 5.69 Å². The fourth-order valence-corrected chi connectivity index (χ4v) is 4.01. The minimum Gasteiger partial charge on any atom is -0.457 e. The Morgan fingerprint density at radius 2 is 1.93 bits per heavy atom. The molecule has 1 aromatic rings. The van der Waals surface area contributed by atoms with Crippen molar-refractivity contribution in [1.82, 2.24) is 0 Å². The summed E-state index contributed by atoms with van der Waals surface area (Å²) in [5.41, 5.74) is 0.736. The number of carbonyl (C=O) groups is 1. The van der Waals surface area contributed by atoms with Crippen LogP contribution in [0.15, 0.2) is 40.3 Å². The number of hydrogen-bond donors (Lipinski definition) is 0. The van der Waals surface area contributed by atoms with Crippen molar-refractivity contribution >= 4 is 26.0 Å². The van der Waals surface area contributed by atoms with Gasteiger partial charge in [0.25, 0.3) is 0 Å². The summed E-state index contributed by atoms with van der Waals surface area (Å²) in [7, 11) is -1.82. The van der Waals surface area contributed by atoms with Gasteiger partial charge in [-0.1, -0.05) is 18.2 Å². The molecular weight excluding hydrogens is 404 g/mol. The van der Waals surface area contributed by atoms with Gasteiger partial charge in [0.15, 0.2) is 32.6 Å². The second kappa shape index (κ2) is 9.09. The Morgan fingerprint density at radius 1 is 1.23 bits per heavy atom. The molecular formula is C21H30N2O6Si. The molecule has 164 valence electrons. The Balaban J connectivity index is 1.85. The molecule has 0 aromatic heterocycles. The second-order valence-electron chi connectivity index (χ2n) is 8.81. The van der Waals surface area contributed by atoms with Crippen LogP contribution in [0.2, 0.25) is 19.6 Å². The number of fused-ring (bicyclic) bond motifs is 1. The predicted molar refractivity (Wildman–Crippen MR) is 113 cm³/mol. The fourth-order valence-electron chi connectivity index (χ4n) is 3.34. The van der Waals surface area contributed by atoms with Gasteiger partial charge in [-0.25, -0.2) is 4.99 Å². The molecule has 30 heavy (non-hydrogen) atoms. The minimum atomic E-state index is -1.82. The molecule has 0 spiro atoms. The topological polar surface area (TPSA) is 87.9 Å². The smallest absolute Gasteiger partial charge is 0.303 e. The summed E-state index contributed by atoms with van der Waals surface area (Å²) in [5.74, 6) is -1.24. The van der Waals surface area contributed by atoms with Gasteiger partial charge in [0.2, 0.25) is 0 Å². The SMILES string of the molecule is CC(=O)O[C@H]1[C@H]([C@@H](CO[Si](C)(C)C)N=C=Nc2ccccc2)O[C@@H]2OC(C)(C)O[C@@H]21. The van der Waals surface area contributed by atoms with Gasteiger partial charge in [0.05, 0.1) is 18.3 Å². The van der Waals surface area contributed by atoms with Crippen molar-refractivity contribution in [2.24, 2.45) is 9.98 Å². The number of hydrogen-bond acceptors (Lipinski definition) is 8. The summed E-state index contributed by atoms with van der Waals surface area (Å²) in [6.45, 7) is 11.5. The van der Waals surface area contributed by atoms with Crippen molar-refractivity contribution in [3.8, 4) is 0 Å². The summed E-state index contributed by atoms with van der Waals surface area (Å²) in [4.78, 5) is 20.5. The molecule has 0 unspecified atom stereocenters. The molecule has 0 bridgehead atoms. The maximum atomic E-state index is 11.8. The third kappa shape index (κ3) is 6.07. The zero-order valence-corrected chi connectivity index (χ0v) is 19.3. The van der Waals surface area contributed by atoms with Crippen LogP contribution in [0.1, 0.15) is 20.8 Å². The lowest BCUT2D eigenvalue weighted by molar-refractivity contribution is -0.221. The molecule has 0 radical (unpaired) electrons. The van der Waals surface area contributed by atoms with E-state index in [0.29, 0.717) is 0 Å². The third-order valence-electron chi connectivity index (χ3n) is 4.55. The zero-order chi connectivity index (χ0) is 21.9. The number of aliphatic imine (C=N–C) groups is 2. The molecule has 0 aliphatic carbocycles. The molecule has 2 heterocycles. The van der Waals surface area contributed by atoms with Crippen LogP contribution < -0.4 is 0 Å². The Labute approximate surface area is 178 Å². The molecule has 9 heteroatoms. The van der Waals surface area contributed by atoms with E-state index in [2.05, 4.69) is 35.6 Å². The number of rotatable bonds is 7. The quantitative estimate of drug-likeness (QED) is 0.371. The van der Waals surface area contributed by atoms with E-state index in [-0.39, 0.29) is 6.61 Å². The molecule has 0 amide bonds. The summed E-state index contributed by atoms with van der Waals surface area (Å²) >= 11 is 0. The zero-order valence-electron chi connectivity index (χ0n) is 18.3. The first-order valence-corrected chi connectivity index (χ1v) is 13.5. The minimum absolute atomic E-state index is 0.290. The molecule has 3 rings (SSSR count). The highest BCUT2D eigenvalue weighted by molar-refractivity contribution is 6.69.